The molecule has 0 atom stereocenters. The molecule has 0 aliphatic carbocycles. The summed E-state index contributed by atoms with van der Waals surface area (Å²) in [6.07, 6.45) is 0.741. The van der Waals surface area contributed by atoms with E-state index in [4.69, 9.17) is 9.15 Å². The fourth-order valence-corrected chi connectivity index (χ4v) is 3.72. The highest BCUT2D eigenvalue weighted by Crippen LogP contribution is 2.41. The average Bonchev–Trinajstić information content (AvgIpc) is 2.71. The number of carbonyl (C=O) groups excluding carboxylic acids is 1. The molecule has 0 radical (unpaired) electrons. The number of carbonyl (C=O) groups is 1. The van der Waals surface area contributed by atoms with Gasteiger partial charge in [0, 0.05) is 57.0 Å². The Morgan fingerprint density at radius 3 is 2.50 bits per heavy atom. The molecule has 3 rings (SSSR count). The molecule has 10 nitrogen and oxygen atoms in total. The summed E-state index contributed by atoms with van der Waals surface area (Å²) < 4.78 is 13.4. The average molecular weight is 419 g/mol. The molecule has 10 heteroatoms. The van der Waals surface area contributed by atoms with Gasteiger partial charge in [-0.3, -0.25) is 23.5 Å². The smallest absolute Gasteiger partial charge is 0.330 e. The molecule has 30 heavy (non-hydrogen) atoms. The normalized spacial score (nSPS) is 15.7. The molecule has 2 N–H and O–H groups in total. The van der Waals surface area contributed by atoms with Crippen LogP contribution in [0.2, 0.25) is 0 Å². The van der Waals surface area contributed by atoms with E-state index in [2.05, 4.69) is 5.32 Å². The summed E-state index contributed by atoms with van der Waals surface area (Å²) in [6.45, 7) is 2.30. The third-order valence-corrected chi connectivity index (χ3v) is 5.57. The van der Waals surface area contributed by atoms with Gasteiger partial charge in [0.15, 0.2) is 5.76 Å². The Labute approximate surface area is 171 Å². The van der Waals surface area contributed by atoms with Gasteiger partial charge in [-0.1, -0.05) is 0 Å². The molecule has 1 aliphatic heterocycles. The van der Waals surface area contributed by atoms with Crippen molar-refractivity contribution in [2.45, 2.75) is 38.1 Å². The first-order valence-electron chi connectivity index (χ1n) is 9.59. The first-order valence-corrected chi connectivity index (χ1v) is 9.59. The number of hydrogen-bond donors (Lipinski definition) is 2. The summed E-state index contributed by atoms with van der Waals surface area (Å²) >= 11 is 0. The van der Waals surface area contributed by atoms with Crippen LogP contribution in [0.4, 0.5) is 0 Å². The molecule has 2 aromatic heterocycles. The maximum absolute atomic E-state index is 12.8. The van der Waals surface area contributed by atoms with Gasteiger partial charge in [0.25, 0.3) is 5.56 Å². The van der Waals surface area contributed by atoms with Crippen LogP contribution < -0.4 is 22.0 Å². The summed E-state index contributed by atoms with van der Waals surface area (Å²) in [7, 11) is 2.90. The Hall–Kier alpha value is -3.14. The third kappa shape index (κ3) is 4.09. The van der Waals surface area contributed by atoms with E-state index in [0.29, 0.717) is 37.5 Å². The molecule has 0 aromatic carbocycles. The Bertz CT molecular complexity index is 1140. The molecule has 162 valence electrons. The molecule has 0 bridgehead atoms. The van der Waals surface area contributed by atoms with E-state index in [1.54, 1.807) is 6.92 Å². The van der Waals surface area contributed by atoms with Crippen molar-refractivity contribution in [1.82, 2.24) is 14.5 Å². The molecule has 1 aliphatic rings. The van der Waals surface area contributed by atoms with E-state index in [0.717, 1.165) is 4.57 Å². The van der Waals surface area contributed by atoms with Crippen molar-refractivity contribution < 1.29 is 19.1 Å². The zero-order chi connectivity index (χ0) is 22.1. The van der Waals surface area contributed by atoms with Crippen LogP contribution in [0.5, 0.6) is 5.75 Å². The van der Waals surface area contributed by atoms with Gasteiger partial charge in [0.1, 0.15) is 5.76 Å². The highest BCUT2D eigenvalue weighted by atomic mass is 16.5. The van der Waals surface area contributed by atoms with E-state index in [9.17, 15) is 24.3 Å². The van der Waals surface area contributed by atoms with Crippen LogP contribution in [-0.2, 0) is 35.6 Å². The lowest BCUT2D eigenvalue weighted by Gasteiger charge is -2.35. The second-order valence-corrected chi connectivity index (χ2v) is 7.62. The van der Waals surface area contributed by atoms with Crippen molar-refractivity contribution in [3.63, 3.8) is 0 Å². The number of amides is 1. The molecule has 2 aromatic rings. The van der Waals surface area contributed by atoms with Crippen molar-refractivity contribution in [2.75, 3.05) is 13.2 Å². The number of nitrogens with one attached hydrogen (secondary N) is 1. The molecule has 0 saturated carbocycles. The summed E-state index contributed by atoms with van der Waals surface area (Å²) in [5.41, 5.74) is -2.04. The predicted octanol–water partition coefficient (Wildman–Crippen LogP) is -0.194. The maximum atomic E-state index is 12.8. The minimum atomic E-state index is -0.893. The van der Waals surface area contributed by atoms with E-state index in [1.807, 2.05) is 0 Å². The monoisotopic (exact) mass is 419 g/mol. The fraction of sp³-hybridized carbons (Fsp3) is 0.500. The zero-order valence-corrected chi connectivity index (χ0v) is 17.2. The van der Waals surface area contributed by atoms with Crippen LogP contribution in [0.25, 0.3) is 0 Å². The predicted molar refractivity (Wildman–Crippen MR) is 106 cm³/mol. The van der Waals surface area contributed by atoms with Crippen molar-refractivity contribution in [3.8, 4) is 5.75 Å². The van der Waals surface area contributed by atoms with E-state index in [1.165, 1.54) is 30.8 Å². The quantitative estimate of drug-likeness (QED) is 0.686. The van der Waals surface area contributed by atoms with Gasteiger partial charge in [0.05, 0.1) is 6.54 Å². The number of nitrogens with zero attached hydrogens (tertiary/aromatic N) is 2. The van der Waals surface area contributed by atoms with Crippen molar-refractivity contribution in [2.24, 2.45) is 14.1 Å². The van der Waals surface area contributed by atoms with Crippen molar-refractivity contribution >= 4 is 5.91 Å². The lowest BCUT2D eigenvalue weighted by Crippen LogP contribution is -2.41. The van der Waals surface area contributed by atoms with Crippen LogP contribution >= 0.6 is 0 Å². The minimum absolute atomic E-state index is 0.0169. The molecule has 3 heterocycles. The van der Waals surface area contributed by atoms with E-state index >= 15 is 0 Å². The van der Waals surface area contributed by atoms with Crippen LogP contribution in [0.15, 0.2) is 30.9 Å². The van der Waals surface area contributed by atoms with Gasteiger partial charge in [-0.15, -0.1) is 0 Å². The molecule has 1 saturated heterocycles. The second-order valence-electron chi connectivity index (χ2n) is 7.62. The summed E-state index contributed by atoms with van der Waals surface area (Å²) in [6, 6.07) is 2.49. The van der Waals surface area contributed by atoms with Crippen molar-refractivity contribution in [3.05, 3.63) is 60.4 Å². The maximum Gasteiger partial charge on any atom is 0.330 e. The number of hydrogen-bond acceptors (Lipinski definition) is 7. The van der Waals surface area contributed by atoms with Crippen LogP contribution in [0.1, 0.15) is 36.5 Å². The Morgan fingerprint density at radius 1 is 1.17 bits per heavy atom. The number of aromatic hydroxyl groups is 1. The van der Waals surface area contributed by atoms with E-state index in [-0.39, 0.29) is 24.6 Å². The Kier molecular flexibility index (Phi) is 5.97. The van der Waals surface area contributed by atoms with Gasteiger partial charge in [-0.25, -0.2) is 4.79 Å². The van der Waals surface area contributed by atoms with Crippen LogP contribution in [0, 0.1) is 6.92 Å². The minimum Gasteiger partial charge on any atom is -0.502 e. The fourth-order valence-electron chi connectivity index (χ4n) is 3.72. The molecular weight excluding hydrogens is 394 g/mol. The first-order chi connectivity index (χ1) is 14.1. The van der Waals surface area contributed by atoms with Crippen molar-refractivity contribution in [1.29, 1.82) is 0 Å². The van der Waals surface area contributed by atoms with Gasteiger partial charge < -0.3 is 19.6 Å². The SMILES string of the molecule is Cc1cc(=O)c(O)c(C2(CC(=O)NCc3cc(=O)n(C)c(=O)n3C)CCOCC2)o1. The summed E-state index contributed by atoms with van der Waals surface area (Å²) in [4.78, 5) is 48.7. The second kappa shape index (κ2) is 8.31. The molecular formula is C20H25N3O7. The summed E-state index contributed by atoms with van der Waals surface area (Å²) in [5.74, 6) is -0.432. The van der Waals surface area contributed by atoms with Crippen LogP contribution in [-0.4, -0.2) is 33.4 Å². The standard InChI is InChI=1S/C20H25N3O7/c1-12-8-14(24)17(27)18(30-12)20(4-6-29-7-5-20)10-15(25)21-11-13-9-16(26)23(3)19(28)22(13)2/h8-9,27H,4-7,10-11H2,1-3H3,(H,21,25). The highest BCUT2D eigenvalue weighted by molar-refractivity contribution is 5.77. The topological polar surface area (TPSA) is 133 Å². The Balaban J connectivity index is 1.85. The van der Waals surface area contributed by atoms with Gasteiger partial charge in [-0.2, -0.15) is 0 Å². The number of aryl methyl sites for hydroxylation is 1. The van der Waals surface area contributed by atoms with E-state index < -0.39 is 27.8 Å². The molecule has 0 spiro atoms. The molecule has 1 amide bonds. The lowest BCUT2D eigenvalue weighted by molar-refractivity contribution is -0.123. The number of ether oxygens (including phenoxy) is 1. The number of rotatable bonds is 5. The van der Waals surface area contributed by atoms with Crippen LogP contribution in [0.3, 0.4) is 0 Å². The van der Waals surface area contributed by atoms with Gasteiger partial charge >= 0.3 is 5.69 Å². The largest absolute Gasteiger partial charge is 0.502 e. The zero-order valence-electron chi connectivity index (χ0n) is 17.2. The first kappa shape index (κ1) is 21.6. The highest BCUT2D eigenvalue weighted by Gasteiger charge is 2.42. The molecule has 1 fully saturated rings. The number of aromatic nitrogens is 2. The summed E-state index contributed by atoms with van der Waals surface area (Å²) in [5, 5.41) is 13.0. The lowest BCUT2D eigenvalue weighted by atomic mass is 9.74. The molecule has 0 unspecified atom stereocenters. The Morgan fingerprint density at radius 2 is 1.83 bits per heavy atom. The van der Waals surface area contributed by atoms with Gasteiger partial charge in [-0.05, 0) is 19.8 Å². The third-order valence-electron chi connectivity index (χ3n) is 5.57. The van der Waals surface area contributed by atoms with Gasteiger partial charge in [0.2, 0.25) is 17.1 Å².